The van der Waals surface area contributed by atoms with Crippen molar-refractivity contribution in [3.05, 3.63) is 24.1 Å². The Hall–Kier alpha value is -1.59. The van der Waals surface area contributed by atoms with Crippen molar-refractivity contribution in [2.45, 2.75) is 26.6 Å². The number of ether oxygens (including phenoxy) is 3. The van der Waals surface area contributed by atoms with E-state index in [1.54, 1.807) is 0 Å². The van der Waals surface area contributed by atoms with E-state index in [2.05, 4.69) is 4.98 Å². The molecule has 0 atom stereocenters. The van der Waals surface area contributed by atoms with Crippen molar-refractivity contribution in [1.82, 2.24) is 4.98 Å². The summed E-state index contributed by atoms with van der Waals surface area (Å²) in [6.07, 6.45) is 0. The van der Waals surface area contributed by atoms with Crippen molar-refractivity contribution in [3.8, 4) is 5.75 Å². The highest BCUT2D eigenvalue weighted by atomic mass is 16.7. The Morgan fingerprint density at radius 1 is 1.30 bits per heavy atom. The third-order valence-electron chi connectivity index (χ3n) is 3.29. The monoisotopic (exact) mass is 277 g/mol. The Labute approximate surface area is 117 Å². The van der Waals surface area contributed by atoms with Crippen molar-refractivity contribution < 1.29 is 18.6 Å². The van der Waals surface area contributed by atoms with Gasteiger partial charge in [0, 0.05) is 18.9 Å². The van der Waals surface area contributed by atoms with Gasteiger partial charge in [0.25, 0.3) is 0 Å². The molecule has 0 N–H and O–H groups in total. The number of aryl methyl sites for hydroxylation is 1. The van der Waals surface area contributed by atoms with Crippen LogP contribution in [0.4, 0.5) is 0 Å². The smallest absolute Gasteiger partial charge is 0.192 e. The molecular weight excluding hydrogens is 258 g/mol. The molecule has 1 fully saturated rings. The van der Waals surface area contributed by atoms with Gasteiger partial charge in [-0.2, -0.15) is 0 Å². The van der Waals surface area contributed by atoms with E-state index in [4.69, 9.17) is 18.6 Å². The Morgan fingerprint density at radius 2 is 2.05 bits per heavy atom. The van der Waals surface area contributed by atoms with Crippen molar-refractivity contribution in [2.75, 3.05) is 19.8 Å². The van der Waals surface area contributed by atoms with E-state index in [1.807, 2.05) is 39.0 Å². The largest absolute Gasteiger partial charge is 0.493 e. The fraction of sp³-hybridized carbons (Fsp3) is 0.533. The molecule has 3 rings (SSSR count). The molecule has 108 valence electrons. The minimum absolute atomic E-state index is 0.246. The molecule has 20 heavy (non-hydrogen) atoms. The Bertz CT molecular complexity index is 595. The second-order valence-corrected chi connectivity index (χ2v) is 5.56. The third-order valence-corrected chi connectivity index (χ3v) is 3.29. The third kappa shape index (κ3) is 2.94. The number of hydrogen-bond acceptors (Lipinski definition) is 5. The number of hydrogen-bond donors (Lipinski definition) is 0. The first-order valence-electron chi connectivity index (χ1n) is 6.80. The maximum Gasteiger partial charge on any atom is 0.192 e. The molecule has 0 radical (unpaired) electrons. The average molecular weight is 277 g/mol. The summed E-state index contributed by atoms with van der Waals surface area (Å²) in [6.45, 7) is 7.54. The van der Waals surface area contributed by atoms with E-state index < -0.39 is 5.79 Å². The number of oxazole rings is 1. The van der Waals surface area contributed by atoms with Crippen LogP contribution in [0.2, 0.25) is 0 Å². The van der Waals surface area contributed by atoms with Gasteiger partial charge in [0.1, 0.15) is 11.3 Å². The Morgan fingerprint density at radius 3 is 2.80 bits per heavy atom. The van der Waals surface area contributed by atoms with Crippen LogP contribution in [0.5, 0.6) is 5.75 Å². The van der Waals surface area contributed by atoms with Gasteiger partial charge < -0.3 is 18.6 Å². The molecule has 1 aromatic carbocycles. The van der Waals surface area contributed by atoms with Crippen molar-refractivity contribution in [2.24, 2.45) is 5.92 Å². The van der Waals surface area contributed by atoms with Gasteiger partial charge in [0.05, 0.1) is 19.8 Å². The average Bonchev–Trinajstić information content (AvgIpc) is 2.77. The molecule has 1 aliphatic heterocycles. The molecule has 0 unspecified atom stereocenters. The van der Waals surface area contributed by atoms with Gasteiger partial charge in [-0.15, -0.1) is 0 Å². The van der Waals surface area contributed by atoms with Crippen LogP contribution in [-0.2, 0) is 9.47 Å². The van der Waals surface area contributed by atoms with E-state index in [-0.39, 0.29) is 5.92 Å². The van der Waals surface area contributed by atoms with Crippen molar-refractivity contribution >= 4 is 11.1 Å². The SMILES string of the molecule is Cc1nc2ccc(OCC3COC(C)(C)OC3)cc2o1. The number of benzene rings is 1. The van der Waals surface area contributed by atoms with Crippen LogP contribution in [0.1, 0.15) is 19.7 Å². The van der Waals surface area contributed by atoms with Crippen LogP contribution in [0, 0.1) is 12.8 Å². The highest BCUT2D eigenvalue weighted by molar-refractivity contribution is 5.74. The summed E-state index contributed by atoms with van der Waals surface area (Å²) >= 11 is 0. The molecule has 1 saturated heterocycles. The maximum absolute atomic E-state index is 5.78. The summed E-state index contributed by atoms with van der Waals surface area (Å²) in [7, 11) is 0. The zero-order valence-corrected chi connectivity index (χ0v) is 12.0. The molecule has 2 heterocycles. The predicted molar refractivity (Wildman–Crippen MR) is 73.7 cm³/mol. The fourth-order valence-corrected chi connectivity index (χ4v) is 2.15. The van der Waals surface area contributed by atoms with Crippen LogP contribution in [0.3, 0.4) is 0 Å². The quantitative estimate of drug-likeness (QED) is 0.863. The molecule has 5 nitrogen and oxygen atoms in total. The molecule has 1 aromatic heterocycles. The first-order valence-corrected chi connectivity index (χ1v) is 6.80. The van der Waals surface area contributed by atoms with Gasteiger partial charge in [-0.3, -0.25) is 0 Å². The summed E-state index contributed by atoms with van der Waals surface area (Å²) in [5.41, 5.74) is 1.60. The first kappa shape index (κ1) is 13.4. The highest BCUT2D eigenvalue weighted by Crippen LogP contribution is 2.24. The second-order valence-electron chi connectivity index (χ2n) is 5.56. The van der Waals surface area contributed by atoms with Gasteiger partial charge >= 0.3 is 0 Å². The van der Waals surface area contributed by atoms with Crippen molar-refractivity contribution in [1.29, 1.82) is 0 Å². The first-order chi connectivity index (χ1) is 9.52. The molecule has 0 saturated carbocycles. The molecule has 2 aromatic rings. The summed E-state index contributed by atoms with van der Waals surface area (Å²) < 4.78 is 22.5. The summed E-state index contributed by atoms with van der Waals surface area (Å²) in [6, 6.07) is 5.67. The molecule has 5 heteroatoms. The van der Waals surface area contributed by atoms with E-state index in [0.29, 0.717) is 25.7 Å². The number of rotatable bonds is 3. The Kier molecular flexibility index (Phi) is 3.40. The minimum atomic E-state index is -0.479. The van der Waals surface area contributed by atoms with Gasteiger partial charge in [0.2, 0.25) is 0 Å². The molecule has 1 aliphatic rings. The van der Waals surface area contributed by atoms with Gasteiger partial charge in [-0.1, -0.05) is 0 Å². The number of fused-ring (bicyclic) bond motifs is 1. The van der Waals surface area contributed by atoms with Gasteiger partial charge in [0.15, 0.2) is 17.3 Å². The maximum atomic E-state index is 5.78. The van der Waals surface area contributed by atoms with Gasteiger partial charge in [-0.25, -0.2) is 4.98 Å². The normalized spacial score (nSPS) is 19.4. The fourth-order valence-electron chi connectivity index (χ4n) is 2.15. The Balaban J connectivity index is 1.60. The lowest BCUT2D eigenvalue weighted by atomic mass is 10.1. The van der Waals surface area contributed by atoms with E-state index in [9.17, 15) is 0 Å². The lowest BCUT2D eigenvalue weighted by Crippen LogP contribution is -2.41. The minimum Gasteiger partial charge on any atom is -0.493 e. The van der Waals surface area contributed by atoms with Crippen LogP contribution in [0.25, 0.3) is 11.1 Å². The van der Waals surface area contributed by atoms with E-state index >= 15 is 0 Å². The predicted octanol–water partition coefficient (Wildman–Crippen LogP) is 2.91. The summed E-state index contributed by atoms with van der Waals surface area (Å²) in [4.78, 5) is 4.26. The topological polar surface area (TPSA) is 53.7 Å². The van der Waals surface area contributed by atoms with E-state index in [1.165, 1.54) is 0 Å². The van der Waals surface area contributed by atoms with Crippen LogP contribution < -0.4 is 4.74 Å². The van der Waals surface area contributed by atoms with Gasteiger partial charge in [-0.05, 0) is 26.0 Å². The second kappa shape index (κ2) is 5.07. The zero-order valence-electron chi connectivity index (χ0n) is 12.0. The summed E-state index contributed by atoms with van der Waals surface area (Å²) in [5, 5.41) is 0. The molecular formula is C15H19NO4. The van der Waals surface area contributed by atoms with Crippen LogP contribution in [-0.4, -0.2) is 30.6 Å². The molecule has 0 amide bonds. The number of nitrogens with zero attached hydrogens (tertiary/aromatic N) is 1. The summed E-state index contributed by atoms with van der Waals surface area (Å²) in [5.74, 6) is 1.20. The van der Waals surface area contributed by atoms with Crippen LogP contribution in [0.15, 0.2) is 22.6 Å². The lowest BCUT2D eigenvalue weighted by Gasteiger charge is -2.34. The number of aromatic nitrogens is 1. The highest BCUT2D eigenvalue weighted by Gasteiger charge is 2.28. The molecule has 0 spiro atoms. The molecule has 0 bridgehead atoms. The zero-order chi connectivity index (χ0) is 14.2. The van der Waals surface area contributed by atoms with Crippen LogP contribution >= 0.6 is 0 Å². The lowest BCUT2D eigenvalue weighted by molar-refractivity contribution is -0.264. The van der Waals surface area contributed by atoms with Crippen molar-refractivity contribution in [3.63, 3.8) is 0 Å². The van der Waals surface area contributed by atoms with E-state index in [0.717, 1.165) is 16.8 Å². The molecule has 0 aliphatic carbocycles. The standard InChI is InChI=1S/C15H19NO4/c1-10-16-13-5-4-12(6-14(13)20-10)17-7-11-8-18-15(2,3)19-9-11/h4-6,11H,7-9H2,1-3H3.